The Morgan fingerprint density at radius 3 is 1.59 bits per heavy atom. The molecule has 0 radical (unpaired) electrons. The number of carbonyl (C=O) groups excluding carboxylic acids is 2. The third-order valence-corrected chi connectivity index (χ3v) is 6.66. The van der Waals surface area contributed by atoms with E-state index in [2.05, 4.69) is 0 Å². The second-order valence-corrected chi connectivity index (χ2v) is 9.45. The normalized spacial score (nSPS) is 15.9. The van der Waals surface area contributed by atoms with Gasteiger partial charge in [-0.05, 0) is 16.7 Å². The first-order valence-corrected chi connectivity index (χ1v) is 13.5. The molecule has 1 aliphatic rings. The molecule has 206 valence electrons. The van der Waals surface area contributed by atoms with E-state index in [1.54, 1.807) is 11.8 Å². The van der Waals surface area contributed by atoms with Crippen molar-refractivity contribution in [3.05, 3.63) is 108 Å². The Morgan fingerprint density at radius 2 is 1.13 bits per heavy atom. The van der Waals surface area contributed by atoms with E-state index in [9.17, 15) is 9.59 Å². The number of ether oxygens (including phenoxy) is 4. The number of ketones is 1. The van der Waals surface area contributed by atoms with Crippen LogP contribution < -0.4 is 0 Å². The molecular formula is C32H37NO6. The van der Waals surface area contributed by atoms with Crippen LogP contribution in [0.3, 0.4) is 0 Å². The Hall–Kier alpha value is -3.36. The van der Waals surface area contributed by atoms with Crippen LogP contribution in [0.5, 0.6) is 0 Å². The van der Waals surface area contributed by atoms with Gasteiger partial charge in [-0.3, -0.25) is 9.59 Å². The third-order valence-electron chi connectivity index (χ3n) is 6.66. The lowest BCUT2D eigenvalue weighted by Crippen LogP contribution is -2.55. The number of hydrogen-bond donors (Lipinski definition) is 0. The van der Waals surface area contributed by atoms with E-state index in [-0.39, 0.29) is 37.9 Å². The molecule has 7 heteroatoms. The molecule has 1 saturated heterocycles. The van der Waals surface area contributed by atoms with Crippen molar-refractivity contribution in [2.24, 2.45) is 0 Å². The summed E-state index contributed by atoms with van der Waals surface area (Å²) in [5.41, 5.74) is 2.77. The minimum Gasteiger partial charge on any atom is -0.378 e. The molecule has 0 unspecified atom stereocenters. The summed E-state index contributed by atoms with van der Waals surface area (Å²) in [5, 5.41) is 0. The number of benzene rings is 3. The van der Waals surface area contributed by atoms with Crippen molar-refractivity contribution >= 4 is 11.7 Å². The van der Waals surface area contributed by atoms with E-state index in [4.69, 9.17) is 18.9 Å². The van der Waals surface area contributed by atoms with E-state index < -0.39 is 18.3 Å². The maximum absolute atomic E-state index is 14.0. The van der Waals surface area contributed by atoms with Crippen molar-refractivity contribution in [2.75, 3.05) is 26.3 Å². The molecule has 0 bridgehead atoms. The van der Waals surface area contributed by atoms with Crippen LogP contribution in [-0.2, 0) is 48.4 Å². The summed E-state index contributed by atoms with van der Waals surface area (Å²) < 4.78 is 24.5. The number of amides is 1. The topological polar surface area (TPSA) is 74.3 Å². The minimum absolute atomic E-state index is 0.146. The molecule has 4 rings (SSSR count). The highest BCUT2D eigenvalue weighted by molar-refractivity contribution is 5.87. The molecule has 7 nitrogen and oxygen atoms in total. The van der Waals surface area contributed by atoms with Gasteiger partial charge in [-0.25, -0.2) is 0 Å². The first-order chi connectivity index (χ1) is 19.2. The number of rotatable bonds is 14. The monoisotopic (exact) mass is 531 g/mol. The zero-order valence-corrected chi connectivity index (χ0v) is 22.4. The van der Waals surface area contributed by atoms with Crippen molar-refractivity contribution in [1.29, 1.82) is 0 Å². The molecular weight excluding hydrogens is 494 g/mol. The summed E-state index contributed by atoms with van der Waals surface area (Å²) in [6.07, 6.45) is -2.77. The van der Waals surface area contributed by atoms with E-state index >= 15 is 0 Å². The van der Waals surface area contributed by atoms with Gasteiger partial charge in [0.2, 0.25) is 0 Å². The molecule has 3 atom stereocenters. The summed E-state index contributed by atoms with van der Waals surface area (Å²) >= 11 is 0. The SMILES string of the molecule is CCC(=O)[C@@H](OCc1ccccc1)[C@H](OCc1ccccc1)[C@@H](OCc1ccccc1)C(=O)N1CCOCC1. The van der Waals surface area contributed by atoms with E-state index in [1.807, 2.05) is 91.0 Å². The van der Waals surface area contributed by atoms with Gasteiger partial charge >= 0.3 is 0 Å². The highest BCUT2D eigenvalue weighted by Crippen LogP contribution is 2.22. The predicted octanol–water partition coefficient (Wildman–Crippen LogP) is 4.58. The summed E-state index contributed by atoms with van der Waals surface area (Å²) in [6, 6.07) is 29.0. The van der Waals surface area contributed by atoms with Gasteiger partial charge in [-0.15, -0.1) is 0 Å². The molecule has 0 spiro atoms. The average molecular weight is 532 g/mol. The highest BCUT2D eigenvalue weighted by atomic mass is 16.6. The zero-order chi connectivity index (χ0) is 27.3. The molecule has 0 aliphatic carbocycles. The molecule has 39 heavy (non-hydrogen) atoms. The van der Waals surface area contributed by atoms with Gasteiger partial charge in [-0.2, -0.15) is 0 Å². The summed E-state index contributed by atoms with van der Waals surface area (Å²) in [4.78, 5) is 29.0. The maximum atomic E-state index is 14.0. The fraction of sp³-hybridized carbons (Fsp3) is 0.375. The van der Waals surface area contributed by atoms with Crippen molar-refractivity contribution in [1.82, 2.24) is 4.90 Å². The molecule has 0 saturated carbocycles. The lowest BCUT2D eigenvalue weighted by molar-refractivity contribution is -0.182. The van der Waals surface area contributed by atoms with Crippen LogP contribution in [0.1, 0.15) is 30.0 Å². The van der Waals surface area contributed by atoms with Gasteiger partial charge < -0.3 is 23.8 Å². The first kappa shape index (κ1) is 28.6. The number of nitrogens with zero attached hydrogens (tertiary/aromatic N) is 1. The van der Waals surface area contributed by atoms with Crippen molar-refractivity contribution in [3.63, 3.8) is 0 Å². The Bertz CT molecular complexity index is 1140. The van der Waals surface area contributed by atoms with Crippen LogP contribution in [0.2, 0.25) is 0 Å². The van der Waals surface area contributed by atoms with Crippen LogP contribution in [0.4, 0.5) is 0 Å². The zero-order valence-electron chi connectivity index (χ0n) is 22.4. The van der Waals surface area contributed by atoms with Crippen LogP contribution in [0.15, 0.2) is 91.0 Å². The highest BCUT2D eigenvalue weighted by Gasteiger charge is 2.42. The summed E-state index contributed by atoms with van der Waals surface area (Å²) in [6.45, 7) is 4.20. The number of carbonyl (C=O) groups is 2. The lowest BCUT2D eigenvalue weighted by Gasteiger charge is -2.36. The third kappa shape index (κ3) is 8.57. The van der Waals surface area contributed by atoms with Gasteiger partial charge in [0.05, 0.1) is 33.0 Å². The first-order valence-electron chi connectivity index (χ1n) is 13.5. The second-order valence-electron chi connectivity index (χ2n) is 9.45. The fourth-order valence-corrected chi connectivity index (χ4v) is 4.46. The standard InChI is InChI=1S/C32H37NO6/c1-2-28(34)29(37-22-25-12-6-3-7-13-25)30(38-23-26-14-8-4-9-15-26)31(32(35)33-18-20-36-21-19-33)39-24-27-16-10-5-11-17-27/h3-17,29-31H,2,18-24H2,1H3/t29-,30+,31-/m1/s1. The van der Waals surface area contributed by atoms with Gasteiger partial charge in [0, 0.05) is 19.5 Å². The van der Waals surface area contributed by atoms with Crippen molar-refractivity contribution in [3.8, 4) is 0 Å². The molecule has 3 aromatic rings. The summed E-state index contributed by atoms with van der Waals surface area (Å²) in [5.74, 6) is -0.378. The molecule has 1 amide bonds. The quantitative estimate of drug-likeness (QED) is 0.303. The smallest absolute Gasteiger partial charge is 0.254 e. The van der Waals surface area contributed by atoms with Crippen LogP contribution >= 0.6 is 0 Å². The predicted molar refractivity (Wildman–Crippen MR) is 148 cm³/mol. The number of morpholine rings is 1. The molecule has 3 aromatic carbocycles. The maximum Gasteiger partial charge on any atom is 0.254 e. The Kier molecular flexibility index (Phi) is 11.2. The van der Waals surface area contributed by atoms with Gasteiger partial charge in [0.15, 0.2) is 11.9 Å². The van der Waals surface area contributed by atoms with Crippen LogP contribution in [0.25, 0.3) is 0 Å². The molecule has 0 N–H and O–H groups in total. The van der Waals surface area contributed by atoms with E-state index in [0.717, 1.165) is 16.7 Å². The largest absolute Gasteiger partial charge is 0.378 e. The minimum atomic E-state index is -1.05. The lowest BCUT2D eigenvalue weighted by atomic mass is 10.00. The van der Waals surface area contributed by atoms with Gasteiger partial charge in [0.1, 0.15) is 12.2 Å². The molecule has 1 aliphatic heterocycles. The fourth-order valence-electron chi connectivity index (χ4n) is 4.46. The number of hydrogen-bond acceptors (Lipinski definition) is 6. The second kappa shape index (κ2) is 15.3. The van der Waals surface area contributed by atoms with Crippen molar-refractivity contribution < 1.29 is 28.5 Å². The van der Waals surface area contributed by atoms with E-state index in [1.165, 1.54) is 0 Å². The van der Waals surface area contributed by atoms with E-state index in [0.29, 0.717) is 26.3 Å². The molecule has 1 heterocycles. The Morgan fingerprint density at radius 1 is 0.692 bits per heavy atom. The summed E-state index contributed by atoms with van der Waals surface area (Å²) in [7, 11) is 0. The number of Topliss-reactive ketones (excluding diaryl/α,β-unsaturated/α-hetero) is 1. The molecule has 0 aromatic heterocycles. The van der Waals surface area contributed by atoms with Crippen LogP contribution in [-0.4, -0.2) is 61.2 Å². The van der Waals surface area contributed by atoms with Crippen LogP contribution in [0, 0.1) is 0 Å². The van der Waals surface area contributed by atoms with Gasteiger partial charge in [-0.1, -0.05) is 97.9 Å². The Balaban J connectivity index is 1.65. The van der Waals surface area contributed by atoms with Gasteiger partial charge in [0.25, 0.3) is 5.91 Å². The Labute approximate surface area is 230 Å². The average Bonchev–Trinajstić information content (AvgIpc) is 3.01. The van der Waals surface area contributed by atoms with Crippen molar-refractivity contribution in [2.45, 2.75) is 51.5 Å². The molecule has 1 fully saturated rings.